The molecule has 1 aromatic carbocycles. The first-order chi connectivity index (χ1) is 9.29. The van der Waals surface area contributed by atoms with Crippen molar-refractivity contribution in [1.29, 1.82) is 0 Å². The number of nitrogens with one attached hydrogen (secondary N) is 1. The van der Waals surface area contributed by atoms with Gasteiger partial charge in [-0.15, -0.1) is 0 Å². The summed E-state index contributed by atoms with van der Waals surface area (Å²) in [6.07, 6.45) is 4.28. The van der Waals surface area contributed by atoms with Crippen LogP contribution in [0.25, 0.3) is 5.69 Å². The number of benzene rings is 1. The van der Waals surface area contributed by atoms with Crippen molar-refractivity contribution in [3.05, 3.63) is 40.0 Å². The highest BCUT2D eigenvalue weighted by molar-refractivity contribution is 9.10. The van der Waals surface area contributed by atoms with Crippen molar-refractivity contribution in [1.82, 2.24) is 9.78 Å². The van der Waals surface area contributed by atoms with Gasteiger partial charge < -0.3 is 5.32 Å². The summed E-state index contributed by atoms with van der Waals surface area (Å²) in [6, 6.07) is 8.28. The SMILES string of the molecule is CSCCc1nn(-c2cccc(Br)c2)c2c1CCN2. The minimum atomic E-state index is 1.02. The van der Waals surface area contributed by atoms with Crippen LogP contribution in [0.1, 0.15) is 11.3 Å². The van der Waals surface area contributed by atoms with Crippen LogP contribution in [0.15, 0.2) is 28.7 Å². The van der Waals surface area contributed by atoms with Crippen LogP contribution >= 0.6 is 27.7 Å². The smallest absolute Gasteiger partial charge is 0.133 e. The van der Waals surface area contributed by atoms with Gasteiger partial charge >= 0.3 is 0 Å². The quantitative estimate of drug-likeness (QED) is 0.925. The molecule has 19 heavy (non-hydrogen) atoms. The summed E-state index contributed by atoms with van der Waals surface area (Å²) in [5.74, 6) is 2.30. The highest BCUT2D eigenvalue weighted by atomic mass is 79.9. The van der Waals surface area contributed by atoms with Crippen molar-refractivity contribution in [3.63, 3.8) is 0 Å². The molecule has 0 bridgehead atoms. The lowest BCUT2D eigenvalue weighted by Crippen LogP contribution is -2.05. The van der Waals surface area contributed by atoms with E-state index in [1.54, 1.807) is 0 Å². The van der Waals surface area contributed by atoms with Crippen LogP contribution in [0, 0.1) is 0 Å². The monoisotopic (exact) mass is 337 g/mol. The van der Waals surface area contributed by atoms with Gasteiger partial charge in [0.1, 0.15) is 5.82 Å². The van der Waals surface area contributed by atoms with Crippen LogP contribution in [0.5, 0.6) is 0 Å². The maximum atomic E-state index is 4.80. The summed E-state index contributed by atoms with van der Waals surface area (Å²) in [6.45, 7) is 1.02. The molecule has 0 saturated heterocycles. The minimum absolute atomic E-state index is 1.02. The summed E-state index contributed by atoms with van der Waals surface area (Å²) < 4.78 is 3.13. The molecule has 100 valence electrons. The van der Waals surface area contributed by atoms with Gasteiger partial charge in [-0.3, -0.25) is 0 Å². The van der Waals surface area contributed by atoms with E-state index in [9.17, 15) is 0 Å². The fraction of sp³-hybridized carbons (Fsp3) is 0.357. The van der Waals surface area contributed by atoms with Gasteiger partial charge in [0, 0.05) is 23.0 Å². The van der Waals surface area contributed by atoms with Crippen LogP contribution in [-0.4, -0.2) is 28.3 Å². The Bertz CT molecular complexity index is 594. The third-order valence-corrected chi connectivity index (χ3v) is 4.44. The van der Waals surface area contributed by atoms with Crippen molar-refractivity contribution in [3.8, 4) is 5.69 Å². The summed E-state index contributed by atoms with van der Waals surface area (Å²) in [4.78, 5) is 0. The van der Waals surface area contributed by atoms with E-state index < -0.39 is 0 Å². The van der Waals surface area contributed by atoms with Crippen LogP contribution in [-0.2, 0) is 12.8 Å². The van der Waals surface area contributed by atoms with Crippen LogP contribution in [0.2, 0.25) is 0 Å². The molecular formula is C14H16BrN3S. The van der Waals surface area contributed by atoms with Crippen molar-refractivity contribution in [2.45, 2.75) is 12.8 Å². The molecule has 1 aliphatic heterocycles. The molecule has 3 rings (SSSR count). The van der Waals surface area contributed by atoms with Crippen molar-refractivity contribution >= 4 is 33.5 Å². The molecule has 0 saturated carbocycles. The molecule has 0 atom stereocenters. The summed E-state index contributed by atoms with van der Waals surface area (Å²) in [5.41, 5.74) is 3.75. The standard InChI is InChI=1S/C14H16BrN3S/c1-19-8-6-13-12-5-7-16-14(12)18(17-13)11-4-2-3-10(15)9-11/h2-4,9,16H,5-8H2,1H3. The molecule has 5 heteroatoms. The van der Waals surface area contributed by atoms with Crippen LogP contribution in [0.4, 0.5) is 5.82 Å². The van der Waals surface area contributed by atoms with Crippen molar-refractivity contribution in [2.24, 2.45) is 0 Å². The minimum Gasteiger partial charge on any atom is -0.369 e. The van der Waals surface area contributed by atoms with E-state index >= 15 is 0 Å². The lowest BCUT2D eigenvalue weighted by Gasteiger charge is -2.06. The number of hydrogen-bond acceptors (Lipinski definition) is 3. The number of halogens is 1. The second-order valence-electron chi connectivity index (χ2n) is 4.59. The summed E-state index contributed by atoms with van der Waals surface area (Å²) in [5, 5.41) is 8.26. The Labute approximate surface area is 125 Å². The molecular weight excluding hydrogens is 322 g/mol. The Balaban J connectivity index is 2.02. The highest BCUT2D eigenvalue weighted by Crippen LogP contribution is 2.30. The largest absolute Gasteiger partial charge is 0.369 e. The van der Waals surface area contributed by atoms with Crippen LogP contribution < -0.4 is 5.32 Å². The molecule has 2 aromatic rings. The Morgan fingerprint density at radius 2 is 2.37 bits per heavy atom. The Hall–Kier alpha value is -0.940. The zero-order chi connectivity index (χ0) is 13.2. The molecule has 0 aliphatic carbocycles. The summed E-state index contributed by atoms with van der Waals surface area (Å²) >= 11 is 5.40. The molecule has 0 fully saturated rings. The zero-order valence-corrected chi connectivity index (χ0v) is 13.2. The first-order valence-electron chi connectivity index (χ1n) is 6.39. The lowest BCUT2D eigenvalue weighted by atomic mass is 10.2. The van der Waals surface area contributed by atoms with E-state index in [0.29, 0.717) is 0 Å². The second kappa shape index (κ2) is 5.59. The number of nitrogens with zero attached hydrogens (tertiary/aromatic N) is 2. The molecule has 1 N–H and O–H groups in total. The van der Waals surface area contributed by atoms with E-state index in [2.05, 4.69) is 39.6 Å². The Kier molecular flexibility index (Phi) is 3.84. The number of aromatic nitrogens is 2. The number of hydrogen-bond donors (Lipinski definition) is 1. The molecule has 0 unspecified atom stereocenters. The second-order valence-corrected chi connectivity index (χ2v) is 6.49. The molecule has 1 aromatic heterocycles. The number of fused-ring (bicyclic) bond motifs is 1. The van der Waals surface area contributed by atoms with Gasteiger partial charge in [0.25, 0.3) is 0 Å². The summed E-state index contributed by atoms with van der Waals surface area (Å²) in [7, 11) is 0. The van der Waals surface area contributed by atoms with Gasteiger partial charge in [-0.05, 0) is 36.6 Å². The Morgan fingerprint density at radius 1 is 1.47 bits per heavy atom. The third kappa shape index (κ3) is 2.54. The number of thioether (sulfide) groups is 1. The predicted molar refractivity (Wildman–Crippen MR) is 85.5 cm³/mol. The third-order valence-electron chi connectivity index (χ3n) is 3.33. The predicted octanol–water partition coefficient (Wildman–Crippen LogP) is 3.51. The maximum Gasteiger partial charge on any atom is 0.133 e. The van der Waals surface area contributed by atoms with Crippen molar-refractivity contribution in [2.75, 3.05) is 23.9 Å². The molecule has 1 aliphatic rings. The average Bonchev–Trinajstić information content (AvgIpc) is 2.98. The molecule has 0 radical (unpaired) electrons. The van der Waals surface area contributed by atoms with Crippen molar-refractivity contribution < 1.29 is 0 Å². The Morgan fingerprint density at radius 3 is 3.16 bits per heavy atom. The van der Waals surface area contributed by atoms with Gasteiger partial charge in [-0.25, -0.2) is 4.68 Å². The van der Waals surface area contributed by atoms with Gasteiger partial charge in [-0.1, -0.05) is 22.0 Å². The van der Waals surface area contributed by atoms with E-state index in [0.717, 1.165) is 35.3 Å². The van der Waals surface area contributed by atoms with Gasteiger partial charge in [0.2, 0.25) is 0 Å². The van der Waals surface area contributed by atoms with Gasteiger partial charge in [-0.2, -0.15) is 16.9 Å². The number of rotatable bonds is 4. The topological polar surface area (TPSA) is 29.9 Å². The number of anilines is 1. The van der Waals surface area contributed by atoms with E-state index in [4.69, 9.17) is 5.10 Å². The zero-order valence-electron chi connectivity index (χ0n) is 10.8. The highest BCUT2D eigenvalue weighted by Gasteiger charge is 2.22. The van der Waals surface area contributed by atoms with Crippen LogP contribution in [0.3, 0.4) is 0 Å². The molecule has 0 spiro atoms. The first-order valence-corrected chi connectivity index (χ1v) is 8.58. The lowest BCUT2D eigenvalue weighted by molar-refractivity contribution is 0.834. The molecule has 0 amide bonds. The number of aryl methyl sites for hydroxylation is 1. The normalized spacial score (nSPS) is 13.4. The maximum absolute atomic E-state index is 4.80. The van der Waals surface area contributed by atoms with E-state index in [1.807, 2.05) is 28.6 Å². The van der Waals surface area contributed by atoms with E-state index in [1.165, 1.54) is 17.1 Å². The van der Waals surface area contributed by atoms with Gasteiger partial charge in [0.05, 0.1) is 11.4 Å². The molecule has 3 nitrogen and oxygen atoms in total. The fourth-order valence-corrected chi connectivity index (χ4v) is 3.22. The average molecular weight is 338 g/mol. The molecule has 2 heterocycles. The fourth-order valence-electron chi connectivity index (χ4n) is 2.44. The first kappa shape index (κ1) is 13.1. The van der Waals surface area contributed by atoms with Gasteiger partial charge in [0.15, 0.2) is 0 Å². The van der Waals surface area contributed by atoms with E-state index in [-0.39, 0.29) is 0 Å².